The fourth-order valence-electron chi connectivity index (χ4n) is 2.64. The maximum Gasteiger partial charge on any atom is 0.219 e. The summed E-state index contributed by atoms with van der Waals surface area (Å²) in [5.41, 5.74) is 25.3. The molecular weight excluding hydrogens is 1110 g/mol. The molecule has 0 radical (unpaired) electrons. The average molecular weight is 1270 g/mol. The number of carbonyl (C=O) groups excluding carboxylic acids is 11. The van der Waals surface area contributed by atoms with E-state index in [1.54, 1.807) is 20.8 Å². The lowest BCUT2D eigenvalue weighted by atomic mass is 10.1. The number of hydrogen-bond donors (Lipinski definition) is 11. The second-order valence-electron chi connectivity index (χ2n) is 14.5. The third-order valence-corrected chi connectivity index (χ3v) is 6.75. The molecule has 23 heteroatoms. The van der Waals surface area contributed by atoms with Crippen LogP contribution in [0, 0.1) is 23.7 Å². The maximum atomic E-state index is 10.7. The average Bonchev–Trinajstić information content (AvgIpc) is 3.58. The van der Waals surface area contributed by atoms with Crippen molar-refractivity contribution >= 4 is 73.8 Å². The number of piperidine rings is 1. The second kappa shape index (κ2) is 297. The number of benzene rings is 2. The first-order valence-electron chi connectivity index (χ1n) is 26.7. The number of rotatable bonds is 5. The molecule has 1 aliphatic heterocycles. The van der Waals surface area contributed by atoms with Crippen molar-refractivity contribution < 1.29 is 57.8 Å². The number of aryl methyl sites for hydroxylation is 2. The highest BCUT2D eigenvalue weighted by Crippen LogP contribution is 2.07. The van der Waals surface area contributed by atoms with Crippen molar-refractivity contribution in [3.63, 3.8) is 0 Å². The Labute approximate surface area is 540 Å². The molecule has 1 fully saturated rings. The summed E-state index contributed by atoms with van der Waals surface area (Å²) in [6.45, 7) is 67.8. The van der Waals surface area contributed by atoms with Crippen LogP contribution in [0.5, 0.6) is 0 Å². The Morgan fingerprint density at radius 2 is 0.517 bits per heavy atom. The van der Waals surface area contributed by atoms with E-state index in [0.29, 0.717) is 0 Å². The summed E-state index contributed by atoms with van der Waals surface area (Å²) in [6.07, 6.45) is 9.71. The monoisotopic (exact) mass is 1270 g/mol. The maximum absolute atomic E-state index is 10.7. The zero-order valence-corrected chi connectivity index (χ0v) is 61.5. The van der Waals surface area contributed by atoms with Crippen LogP contribution in [0.15, 0.2) is 73.8 Å². The molecule has 1 saturated heterocycles. The van der Waals surface area contributed by atoms with Gasteiger partial charge in [0.25, 0.3) is 0 Å². The molecule has 0 atom stereocenters. The molecule has 2 aromatic rings. The molecule has 0 spiro atoms. The van der Waals surface area contributed by atoms with E-state index in [2.05, 4.69) is 187 Å². The highest BCUT2D eigenvalue weighted by molar-refractivity contribution is 5.73. The largest absolute Gasteiger partial charge is 0.394 e. The van der Waals surface area contributed by atoms with Gasteiger partial charge in [-0.2, -0.15) is 0 Å². The smallest absolute Gasteiger partial charge is 0.219 e. The minimum atomic E-state index is -0.167. The van der Waals surface area contributed by atoms with Crippen molar-refractivity contribution in [2.24, 2.45) is 52.3 Å². The molecule has 23 nitrogen and oxygen atoms in total. The fourth-order valence-corrected chi connectivity index (χ4v) is 2.64. The molecule has 0 aliphatic carbocycles. The quantitative estimate of drug-likeness (QED) is 0.124. The molecule has 1 aliphatic rings. The van der Waals surface area contributed by atoms with Crippen LogP contribution in [0.25, 0.3) is 0 Å². The number of carbonyl (C=O) groups is 11. The topological polar surface area (TPSA) is 516 Å². The Bertz CT molecular complexity index is 961. The summed E-state index contributed by atoms with van der Waals surface area (Å²) in [5.74, 6) is 3.72. The van der Waals surface area contributed by atoms with Gasteiger partial charge >= 0.3 is 0 Å². The first-order chi connectivity index (χ1) is 39.4. The molecule has 540 valence electrons. The predicted octanol–water partition coefficient (Wildman–Crippen LogP) is 12.4. The standard InChI is InChI=1S/2C8H10.C7H13NO.3C5H12.C4H10.C3H8O.C2H6.C2H4.5CH5N.10CH2O.5H3N/c2*1-2-8-6-4-3-5-7-8;1-7(9)8-5-3-2-4-6-8;3*1-4-5(2)3;1-4(2)3;1-3(2)4;17*1-2;;;;;/h2*3-7H,2H2,1H3;2-6H2,1H3;3*5H,4H2,1-3H3;4H,1-3H3;3-4H,1-2H3;1-2H3;1-2H2;5*2H2,1H3;10*1H2;5*1H3. The van der Waals surface area contributed by atoms with Gasteiger partial charge in [-0.3, -0.25) is 4.79 Å². The Kier molecular flexibility index (Phi) is 608. The predicted molar refractivity (Wildman–Crippen MR) is 390 cm³/mol. The van der Waals surface area contributed by atoms with E-state index in [-0.39, 0.29) is 42.8 Å². The van der Waals surface area contributed by atoms with Gasteiger partial charge in [0.1, 0.15) is 67.9 Å². The van der Waals surface area contributed by atoms with E-state index in [0.717, 1.165) is 49.6 Å². The number of amides is 1. The van der Waals surface area contributed by atoms with Crippen molar-refractivity contribution in [3.05, 3.63) is 84.9 Å². The molecule has 0 unspecified atom stereocenters. The normalized spacial score (nSPS) is 7.14. The molecule has 0 aromatic heterocycles. The van der Waals surface area contributed by atoms with Gasteiger partial charge < -0.3 is 117 Å². The number of aliphatic hydroxyl groups is 1. The van der Waals surface area contributed by atoms with E-state index >= 15 is 0 Å². The van der Waals surface area contributed by atoms with Crippen LogP contribution in [0.4, 0.5) is 0 Å². The van der Waals surface area contributed by atoms with E-state index in [1.807, 2.05) is 98.8 Å². The van der Waals surface area contributed by atoms with Crippen molar-refractivity contribution in [3.8, 4) is 0 Å². The van der Waals surface area contributed by atoms with Crippen molar-refractivity contribution in [1.82, 2.24) is 35.7 Å². The molecule has 3 rings (SSSR count). The molecule has 87 heavy (non-hydrogen) atoms. The van der Waals surface area contributed by atoms with Crippen LogP contribution >= 0.6 is 0 Å². The Morgan fingerprint density at radius 1 is 0.391 bits per heavy atom. The summed E-state index contributed by atoms with van der Waals surface area (Å²) in [7, 11) is 7.50. The SMILES string of the molecule is C=C.C=O.C=O.C=O.C=O.C=O.C=O.C=O.C=O.C=O.C=O.CC.CC(=O)N1CCCCC1.CC(C)C.CC(C)O.CCC(C)C.CCC(C)C.CCC(C)C.CCc1ccccc1.CCc1ccccc1.CN.CN.CN.CN.CN.N.N.N.N.N. The van der Waals surface area contributed by atoms with Crippen LogP contribution in [-0.2, 0) is 65.6 Å². The lowest BCUT2D eigenvalue weighted by Crippen LogP contribution is -2.33. The van der Waals surface area contributed by atoms with Gasteiger partial charge in [0.2, 0.25) is 5.91 Å². The molecule has 2 aromatic carbocycles. The van der Waals surface area contributed by atoms with Crippen LogP contribution in [0.2, 0.25) is 0 Å². The lowest BCUT2D eigenvalue weighted by Gasteiger charge is -2.24. The molecule has 0 bridgehead atoms. The Morgan fingerprint density at radius 3 is 0.586 bits per heavy atom. The third kappa shape index (κ3) is 476. The van der Waals surface area contributed by atoms with Gasteiger partial charge in [0.15, 0.2) is 0 Å². The Balaban J connectivity index is -0.0000000177. The number of likely N-dealkylation sites (tertiary alicyclic amines) is 1. The molecule has 26 N–H and O–H groups in total. The van der Waals surface area contributed by atoms with Gasteiger partial charge in [-0.1, -0.05) is 191 Å². The van der Waals surface area contributed by atoms with Gasteiger partial charge in [-0.05, 0) is 116 Å². The third-order valence-electron chi connectivity index (χ3n) is 6.75. The number of nitrogens with zero attached hydrogens (tertiary/aromatic N) is 1. The van der Waals surface area contributed by atoms with E-state index < -0.39 is 0 Å². The zero-order chi connectivity index (χ0) is 72.3. The van der Waals surface area contributed by atoms with Crippen LogP contribution < -0.4 is 59.4 Å². The number of hydrogen-bond acceptors (Lipinski definition) is 22. The van der Waals surface area contributed by atoms with E-state index in [9.17, 15) is 4.79 Å². The van der Waals surface area contributed by atoms with Gasteiger partial charge in [0.05, 0.1) is 0 Å². The minimum absolute atomic E-state index is 0. The van der Waals surface area contributed by atoms with E-state index in [1.165, 1.54) is 84.9 Å². The summed E-state index contributed by atoms with van der Waals surface area (Å²) in [6, 6.07) is 20.9. The number of aliphatic hydroxyl groups excluding tert-OH is 1. The summed E-state index contributed by atoms with van der Waals surface area (Å²) in [4.78, 5) is 92.6. The lowest BCUT2D eigenvalue weighted by molar-refractivity contribution is -0.129. The second-order valence-corrected chi connectivity index (χ2v) is 14.5. The first-order valence-corrected chi connectivity index (χ1v) is 26.7. The van der Waals surface area contributed by atoms with Gasteiger partial charge in [-0.25, -0.2) is 0 Å². The molecule has 0 saturated carbocycles. The minimum Gasteiger partial charge on any atom is -0.394 e. The van der Waals surface area contributed by atoms with Crippen LogP contribution in [0.3, 0.4) is 0 Å². The molecule has 1 amide bonds. The number of nitrogens with two attached hydrogens (primary N) is 5. The highest BCUT2D eigenvalue weighted by atomic mass is 16.3. The first kappa shape index (κ1) is 178. The highest BCUT2D eigenvalue weighted by Gasteiger charge is 2.11. The van der Waals surface area contributed by atoms with Crippen LogP contribution in [0.1, 0.15) is 181 Å². The Hall–Kier alpha value is -6.09. The van der Waals surface area contributed by atoms with Gasteiger partial charge in [-0.15, -0.1) is 13.2 Å². The molecule has 1 heterocycles. The van der Waals surface area contributed by atoms with Crippen molar-refractivity contribution in [2.45, 2.75) is 189 Å². The summed E-state index contributed by atoms with van der Waals surface area (Å²) in [5, 5.41) is 8.06. The van der Waals surface area contributed by atoms with E-state index in [4.69, 9.17) is 53.1 Å². The zero-order valence-electron chi connectivity index (χ0n) is 61.5. The summed E-state index contributed by atoms with van der Waals surface area (Å²) >= 11 is 0. The molecular formula is C64H157N11O12. The summed E-state index contributed by atoms with van der Waals surface area (Å²) < 4.78 is 0. The van der Waals surface area contributed by atoms with Crippen molar-refractivity contribution in [2.75, 3.05) is 48.3 Å². The van der Waals surface area contributed by atoms with Crippen molar-refractivity contribution in [1.29, 1.82) is 0 Å². The fraction of sp³-hybridized carbons (Fsp3) is 0.609. The van der Waals surface area contributed by atoms with Crippen LogP contribution in [-0.4, -0.2) is 138 Å². The van der Waals surface area contributed by atoms with Gasteiger partial charge in [0, 0.05) is 26.1 Å².